The van der Waals surface area contributed by atoms with E-state index in [1.165, 1.54) is 5.69 Å². The second kappa shape index (κ2) is 7.47. The molecule has 118 valence electrons. The molecule has 0 aromatic carbocycles. The number of carbonyl (C=O) groups excluding carboxylic acids is 1. The number of aromatic nitrogens is 1. The molecule has 0 spiro atoms. The van der Waals surface area contributed by atoms with E-state index < -0.39 is 0 Å². The van der Waals surface area contributed by atoms with Crippen LogP contribution >= 0.6 is 0 Å². The van der Waals surface area contributed by atoms with Crippen molar-refractivity contribution in [2.45, 2.75) is 26.4 Å². The van der Waals surface area contributed by atoms with Crippen LogP contribution in [0.5, 0.6) is 0 Å². The Hall–Kier alpha value is -1.53. The average Bonchev–Trinajstić information content (AvgIpc) is 2.83. The van der Waals surface area contributed by atoms with Gasteiger partial charge in [0.2, 0.25) is 0 Å². The predicted octanol–water partition coefficient (Wildman–Crippen LogP) is 0.853. The highest BCUT2D eigenvalue weighted by atomic mass is 16.5. The molecule has 1 aliphatic heterocycles. The van der Waals surface area contributed by atoms with E-state index in [9.17, 15) is 4.79 Å². The number of carbonyl (C=O) groups is 1. The smallest absolute Gasteiger partial charge is 0.315 e. The van der Waals surface area contributed by atoms with E-state index in [0.717, 1.165) is 32.0 Å². The van der Waals surface area contributed by atoms with Crippen LogP contribution in [0.15, 0.2) is 12.1 Å². The second-order valence-electron chi connectivity index (χ2n) is 5.59. The van der Waals surface area contributed by atoms with Gasteiger partial charge < -0.3 is 19.9 Å². The molecule has 0 bridgehead atoms. The zero-order valence-electron chi connectivity index (χ0n) is 13.2. The maximum Gasteiger partial charge on any atom is 0.315 e. The predicted molar refractivity (Wildman–Crippen MR) is 82.2 cm³/mol. The van der Waals surface area contributed by atoms with Crippen molar-refractivity contribution in [3.63, 3.8) is 0 Å². The summed E-state index contributed by atoms with van der Waals surface area (Å²) in [5.74, 6) is 0. The van der Waals surface area contributed by atoms with Gasteiger partial charge in [0.25, 0.3) is 0 Å². The van der Waals surface area contributed by atoms with Crippen molar-refractivity contribution in [2.75, 3.05) is 32.8 Å². The Balaban J connectivity index is 1.68. The van der Waals surface area contributed by atoms with Crippen LogP contribution in [0, 0.1) is 6.92 Å². The Morgan fingerprint density at radius 2 is 2.05 bits per heavy atom. The maximum atomic E-state index is 11.8. The third-order valence-corrected chi connectivity index (χ3v) is 4.13. The lowest BCUT2D eigenvalue weighted by Crippen LogP contribution is -2.48. The van der Waals surface area contributed by atoms with Crippen molar-refractivity contribution < 1.29 is 9.53 Å². The SMILES string of the molecule is Cc1ccc(CNC(=O)NCC(C)N2CCOCC2)n1C. The van der Waals surface area contributed by atoms with E-state index in [-0.39, 0.29) is 6.03 Å². The van der Waals surface area contributed by atoms with Crippen LogP contribution in [-0.4, -0.2) is 54.4 Å². The molecule has 1 fully saturated rings. The van der Waals surface area contributed by atoms with Crippen molar-refractivity contribution >= 4 is 6.03 Å². The summed E-state index contributed by atoms with van der Waals surface area (Å²) in [7, 11) is 2.00. The third kappa shape index (κ3) is 4.47. The number of rotatable bonds is 5. The number of hydrogen-bond donors (Lipinski definition) is 2. The molecule has 2 heterocycles. The van der Waals surface area contributed by atoms with Gasteiger partial charge in [-0.25, -0.2) is 4.79 Å². The summed E-state index contributed by atoms with van der Waals surface area (Å²) < 4.78 is 7.41. The van der Waals surface area contributed by atoms with Crippen molar-refractivity contribution in [1.82, 2.24) is 20.1 Å². The standard InChI is InChI=1S/C15H26N4O2/c1-12-4-5-14(18(12)3)11-17-15(20)16-10-13(2)19-6-8-21-9-7-19/h4-5,13H,6-11H2,1-3H3,(H2,16,17,20). The topological polar surface area (TPSA) is 58.5 Å². The van der Waals surface area contributed by atoms with E-state index in [4.69, 9.17) is 4.74 Å². The first-order chi connectivity index (χ1) is 10.1. The van der Waals surface area contributed by atoms with Gasteiger partial charge in [0.05, 0.1) is 19.8 Å². The van der Waals surface area contributed by atoms with Gasteiger partial charge in [-0.05, 0) is 26.0 Å². The Labute approximate surface area is 126 Å². The van der Waals surface area contributed by atoms with Crippen LogP contribution < -0.4 is 10.6 Å². The summed E-state index contributed by atoms with van der Waals surface area (Å²) in [6, 6.07) is 4.30. The Morgan fingerprint density at radius 1 is 1.33 bits per heavy atom. The number of morpholine rings is 1. The normalized spacial score (nSPS) is 17.5. The van der Waals surface area contributed by atoms with E-state index in [1.54, 1.807) is 0 Å². The van der Waals surface area contributed by atoms with Gasteiger partial charge in [0, 0.05) is 44.1 Å². The molecule has 1 aromatic heterocycles. The third-order valence-electron chi connectivity index (χ3n) is 4.13. The van der Waals surface area contributed by atoms with Gasteiger partial charge in [-0.2, -0.15) is 0 Å². The number of nitrogens with one attached hydrogen (secondary N) is 2. The highest BCUT2D eigenvalue weighted by Crippen LogP contribution is 2.05. The first-order valence-electron chi connectivity index (χ1n) is 7.52. The molecule has 0 radical (unpaired) electrons. The number of amides is 2. The molecular weight excluding hydrogens is 268 g/mol. The van der Waals surface area contributed by atoms with Crippen LogP contribution in [0.4, 0.5) is 4.79 Å². The highest BCUT2D eigenvalue weighted by molar-refractivity contribution is 5.73. The monoisotopic (exact) mass is 294 g/mol. The van der Waals surface area contributed by atoms with Gasteiger partial charge in [0.15, 0.2) is 0 Å². The Bertz CT molecular complexity index is 466. The molecule has 21 heavy (non-hydrogen) atoms. The van der Waals surface area contributed by atoms with Crippen LogP contribution in [-0.2, 0) is 18.3 Å². The molecule has 0 saturated carbocycles. The zero-order valence-corrected chi connectivity index (χ0v) is 13.2. The average molecular weight is 294 g/mol. The highest BCUT2D eigenvalue weighted by Gasteiger charge is 2.17. The summed E-state index contributed by atoms with van der Waals surface area (Å²) in [6.07, 6.45) is 0. The summed E-state index contributed by atoms with van der Waals surface area (Å²) in [5, 5.41) is 5.83. The first kappa shape index (κ1) is 15.9. The molecule has 0 aliphatic carbocycles. The molecule has 1 saturated heterocycles. The van der Waals surface area contributed by atoms with Crippen LogP contribution in [0.1, 0.15) is 18.3 Å². The number of aryl methyl sites for hydroxylation is 1. The maximum absolute atomic E-state index is 11.8. The first-order valence-corrected chi connectivity index (χ1v) is 7.52. The van der Waals surface area contributed by atoms with Crippen molar-refractivity contribution in [2.24, 2.45) is 7.05 Å². The minimum atomic E-state index is -0.117. The fourth-order valence-electron chi connectivity index (χ4n) is 2.47. The fourth-order valence-corrected chi connectivity index (χ4v) is 2.47. The lowest BCUT2D eigenvalue weighted by atomic mass is 10.2. The summed E-state index contributed by atoms with van der Waals surface area (Å²) in [5.41, 5.74) is 2.29. The van der Waals surface area contributed by atoms with Gasteiger partial charge in [-0.15, -0.1) is 0 Å². The fraction of sp³-hybridized carbons (Fsp3) is 0.667. The second-order valence-corrected chi connectivity index (χ2v) is 5.59. The van der Waals surface area contributed by atoms with Gasteiger partial charge in [-0.3, -0.25) is 4.90 Å². The number of nitrogens with zero attached hydrogens (tertiary/aromatic N) is 2. The molecule has 1 unspecified atom stereocenters. The lowest BCUT2D eigenvalue weighted by Gasteiger charge is -2.32. The number of urea groups is 1. The summed E-state index contributed by atoms with van der Waals surface area (Å²) in [4.78, 5) is 14.2. The minimum absolute atomic E-state index is 0.117. The van der Waals surface area contributed by atoms with Gasteiger partial charge in [0.1, 0.15) is 0 Å². The van der Waals surface area contributed by atoms with Crippen molar-refractivity contribution in [3.05, 3.63) is 23.5 Å². The number of ether oxygens (including phenoxy) is 1. The quantitative estimate of drug-likeness (QED) is 0.846. The van der Waals surface area contributed by atoms with Crippen LogP contribution in [0.25, 0.3) is 0 Å². The molecular formula is C15H26N4O2. The Morgan fingerprint density at radius 3 is 2.67 bits per heavy atom. The van der Waals surface area contributed by atoms with Crippen molar-refractivity contribution in [1.29, 1.82) is 0 Å². The molecule has 6 nitrogen and oxygen atoms in total. The van der Waals surface area contributed by atoms with Gasteiger partial charge >= 0.3 is 6.03 Å². The molecule has 1 aliphatic rings. The summed E-state index contributed by atoms with van der Waals surface area (Å²) >= 11 is 0. The van der Waals surface area contributed by atoms with E-state index in [1.807, 2.05) is 20.0 Å². The molecule has 1 atom stereocenters. The minimum Gasteiger partial charge on any atom is -0.379 e. The lowest BCUT2D eigenvalue weighted by molar-refractivity contribution is 0.0209. The Kier molecular flexibility index (Phi) is 5.64. The molecule has 2 rings (SSSR count). The van der Waals surface area contributed by atoms with E-state index >= 15 is 0 Å². The van der Waals surface area contributed by atoms with Gasteiger partial charge in [-0.1, -0.05) is 0 Å². The zero-order chi connectivity index (χ0) is 15.2. The molecule has 2 amide bonds. The molecule has 6 heteroatoms. The largest absolute Gasteiger partial charge is 0.379 e. The van der Waals surface area contributed by atoms with E-state index in [2.05, 4.69) is 33.1 Å². The summed E-state index contributed by atoms with van der Waals surface area (Å²) in [6.45, 7) is 8.81. The van der Waals surface area contributed by atoms with Crippen molar-refractivity contribution in [3.8, 4) is 0 Å². The van der Waals surface area contributed by atoms with Crippen LogP contribution in [0.3, 0.4) is 0 Å². The molecule has 2 N–H and O–H groups in total. The molecule has 1 aromatic rings. The van der Waals surface area contributed by atoms with E-state index in [0.29, 0.717) is 19.1 Å². The van der Waals surface area contributed by atoms with Crippen LogP contribution in [0.2, 0.25) is 0 Å². The number of hydrogen-bond acceptors (Lipinski definition) is 3.